The van der Waals surface area contributed by atoms with Crippen LogP contribution in [0, 0.1) is 12.8 Å². The van der Waals surface area contributed by atoms with Crippen LogP contribution >= 0.6 is 0 Å². The van der Waals surface area contributed by atoms with E-state index in [1.165, 1.54) is 4.90 Å². The van der Waals surface area contributed by atoms with Crippen molar-refractivity contribution in [2.24, 2.45) is 5.92 Å². The number of nitrogens with one attached hydrogen (secondary N) is 1. The van der Waals surface area contributed by atoms with Crippen LogP contribution in [0.5, 0.6) is 0 Å². The molecule has 0 aliphatic carbocycles. The van der Waals surface area contributed by atoms with Crippen molar-refractivity contribution in [3.8, 4) is 11.5 Å². The Balaban J connectivity index is 1.69. The maximum Gasteiger partial charge on any atom is 0.321 e. The van der Waals surface area contributed by atoms with Gasteiger partial charge in [-0.2, -0.15) is 0 Å². The van der Waals surface area contributed by atoms with Gasteiger partial charge < -0.3 is 19.7 Å². The average Bonchev–Trinajstić information content (AvgIpc) is 3.16. The highest BCUT2D eigenvalue weighted by Crippen LogP contribution is 2.23. The lowest BCUT2D eigenvalue weighted by Crippen LogP contribution is -2.33. The maximum atomic E-state index is 12.2. The molecule has 2 N–H and O–H groups in total. The number of hydrogen-bond donors (Lipinski definition) is 2. The van der Waals surface area contributed by atoms with Gasteiger partial charge in [-0.05, 0) is 31.5 Å². The molecule has 0 radical (unpaired) electrons. The average molecular weight is 315 g/mol. The van der Waals surface area contributed by atoms with Crippen molar-refractivity contribution in [1.82, 2.24) is 9.88 Å². The molecule has 2 amide bonds. The first kappa shape index (κ1) is 15.1. The Labute approximate surface area is 132 Å². The fraction of sp³-hybridized carbons (Fsp3) is 0.312. The Morgan fingerprint density at radius 2 is 2.26 bits per heavy atom. The number of carboxylic acid groups (broad SMARTS) is 1. The van der Waals surface area contributed by atoms with E-state index < -0.39 is 11.9 Å². The summed E-state index contributed by atoms with van der Waals surface area (Å²) in [5.74, 6) is -0.852. The predicted molar refractivity (Wildman–Crippen MR) is 83.0 cm³/mol. The number of amides is 2. The molecule has 1 aliphatic heterocycles. The molecule has 7 heteroatoms. The number of likely N-dealkylation sites (tertiary alicyclic amines) is 1. The highest BCUT2D eigenvalue weighted by molar-refractivity contribution is 5.90. The molecular weight excluding hydrogens is 298 g/mol. The molecule has 2 heterocycles. The van der Waals surface area contributed by atoms with Gasteiger partial charge in [-0.15, -0.1) is 0 Å². The molecule has 2 aromatic rings. The summed E-state index contributed by atoms with van der Waals surface area (Å²) < 4.78 is 5.35. The van der Waals surface area contributed by atoms with E-state index in [1.807, 2.05) is 13.0 Å². The van der Waals surface area contributed by atoms with Gasteiger partial charge in [-0.25, -0.2) is 9.78 Å². The number of carbonyl (C=O) groups excluding carboxylic acids is 1. The topological polar surface area (TPSA) is 95.7 Å². The number of nitrogens with zero attached hydrogens (tertiary/aromatic N) is 2. The minimum atomic E-state index is -0.860. The number of oxazole rings is 1. The van der Waals surface area contributed by atoms with Crippen molar-refractivity contribution in [1.29, 1.82) is 0 Å². The molecule has 1 aromatic carbocycles. The van der Waals surface area contributed by atoms with E-state index in [2.05, 4.69) is 10.3 Å². The van der Waals surface area contributed by atoms with Gasteiger partial charge >= 0.3 is 12.0 Å². The normalized spacial score (nSPS) is 17.3. The first-order valence-corrected chi connectivity index (χ1v) is 7.34. The van der Waals surface area contributed by atoms with E-state index in [4.69, 9.17) is 9.52 Å². The Morgan fingerprint density at radius 1 is 1.43 bits per heavy atom. The molecule has 23 heavy (non-hydrogen) atoms. The van der Waals surface area contributed by atoms with Gasteiger partial charge in [0.25, 0.3) is 0 Å². The van der Waals surface area contributed by atoms with Crippen LogP contribution < -0.4 is 5.32 Å². The second-order valence-corrected chi connectivity index (χ2v) is 5.57. The molecule has 7 nitrogen and oxygen atoms in total. The Morgan fingerprint density at radius 3 is 2.91 bits per heavy atom. The van der Waals surface area contributed by atoms with Gasteiger partial charge in [0.05, 0.1) is 11.6 Å². The number of urea groups is 1. The summed E-state index contributed by atoms with van der Waals surface area (Å²) in [6.45, 7) is 2.52. The second-order valence-electron chi connectivity index (χ2n) is 5.57. The number of aryl methyl sites for hydroxylation is 1. The molecule has 1 aromatic heterocycles. The van der Waals surface area contributed by atoms with Crippen molar-refractivity contribution in [2.45, 2.75) is 13.3 Å². The van der Waals surface area contributed by atoms with E-state index in [0.717, 1.165) is 11.3 Å². The Bertz CT molecular complexity index is 740. The minimum absolute atomic E-state index is 0.236. The zero-order valence-electron chi connectivity index (χ0n) is 12.7. The summed E-state index contributed by atoms with van der Waals surface area (Å²) >= 11 is 0. The van der Waals surface area contributed by atoms with E-state index >= 15 is 0 Å². The molecule has 1 fully saturated rings. The molecular formula is C16H17N3O4. The minimum Gasteiger partial charge on any atom is -0.481 e. The summed E-state index contributed by atoms with van der Waals surface area (Å²) in [4.78, 5) is 28.9. The van der Waals surface area contributed by atoms with Crippen LogP contribution in [-0.4, -0.2) is 40.1 Å². The maximum absolute atomic E-state index is 12.2. The zero-order valence-corrected chi connectivity index (χ0v) is 12.7. The van der Waals surface area contributed by atoms with Crippen LogP contribution in [-0.2, 0) is 4.79 Å². The summed E-state index contributed by atoms with van der Waals surface area (Å²) in [5.41, 5.74) is 2.16. The van der Waals surface area contributed by atoms with Gasteiger partial charge in [0.15, 0.2) is 0 Å². The quantitative estimate of drug-likeness (QED) is 0.907. The second kappa shape index (κ2) is 6.12. The van der Waals surface area contributed by atoms with Crippen molar-refractivity contribution in [3.63, 3.8) is 0 Å². The van der Waals surface area contributed by atoms with E-state index in [9.17, 15) is 9.59 Å². The SMILES string of the molecule is Cc1coc(-c2cccc(NC(=O)N3CCC(C(=O)O)C3)c2)n1. The van der Waals surface area contributed by atoms with Gasteiger partial charge in [0.2, 0.25) is 5.89 Å². The molecule has 1 aliphatic rings. The predicted octanol–water partition coefficient (Wildman–Crippen LogP) is 2.59. The molecule has 1 atom stereocenters. The lowest BCUT2D eigenvalue weighted by Gasteiger charge is -2.17. The molecule has 0 saturated carbocycles. The third-order valence-corrected chi connectivity index (χ3v) is 3.80. The van der Waals surface area contributed by atoms with Crippen molar-refractivity contribution >= 4 is 17.7 Å². The lowest BCUT2D eigenvalue weighted by molar-refractivity contribution is -0.141. The summed E-state index contributed by atoms with van der Waals surface area (Å²) in [5, 5.41) is 11.8. The number of aliphatic carboxylic acids is 1. The highest BCUT2D eigenvalue weighted by atomic mass is 16.4. The van der Waals surface area contributed by atoms with Crippen molar-refractivity contribution < 1.29 is 19.1 Å². The van der Waals surface area contributed by atoms with Crippen LogP contribution in [0.25, 0.3) is 11.5 Å². The summed E-state index contributed by atoms with van der Waals surface area (Å²) in [6.07, 6.45) is 2.05. The van der Waals surface area contributed by atoms with Gasteiger partial charge in [-0.3, -0.25) is 4.79 Å². The van der Waals surface area contributed by atoms with Crippen LogP contribution in [0.15, 0.2) is 34.9 Å². The number of hydrogen-bond acceptors (Lipinski definition) is 4. The first-order chi connectivity index (χ1) is 11.0. The van der Waals surface area contributed by atoms with Crippen LogP contribution in [0.2, 0.25) is 0 Å². The van der Waals surface area contributed by atoms with Crippen LogP contribution in [0.4, 0.5) is 10.5 Å². The number of carboxylic acids is 1. The van der Waals surface area contributed by atoms with Gasteiger partial charge in [-0.1, -0.05) is 6.07 Å². The van der Waals surface area contributed by atoms with Crippen molar-refractivity contribution in [2.75, 3.05) is 18.4 Å². The Kier molecular flexibility index (Phi) is 4.01. The molecule has 1 saturated heterocycles. The Hall–Kier alpha value is -2.83. The van der Waals surface area contributed by atoms with Crippen LogP contribution in [0.1, 0.15) is 12.1 Å². The summed E-state index contributed by atoms with van der Waals surface area (Å²) in [6, 6.07) is 6.89. The van der Waals surface area contributed by atoms with E-state index in [1.54, 1.807) is 24.5 Å². The van der Waals surface area contributed by atoms with Crippen molar-refractivity contribution in [3.05, 3.63) is 36.2 Å². The monoisotopic (exact) mass is 315 g/mol. The first-order valence-electron chi connectivity index (χ1n) is 7.34. The van der Waals surface area contributed by atoms with Crippen LogP contribution in [0.3, 0.4) is 0 Å². The number of anilines is 1. The molecule has 0 spiro atoms. The summed E-state index contributed by atoms with van der Waals surface area (Å²) in [7, 11) is 0. The number of aromatic nitrogens is 1. The smallest absolute Gasteiger partial charge is 0.321 e. The third-order valence-electron chi connectivity index (χ3n) is 3.80. The molecule has 120 valence electrons. The number of benzene rings is 1. The lowest BCUT2D eigenvalue weighted by atomic mass is 10.1. The molecule has 1 unspecified atom stereocenters. The van der Waals surface area contributed by atoms with E-state index in [-0.39, 0.29) is 12.6 Å². The molecule has 0 bridgehead atoms. The molecule has 3 rings (SSSR count). The zero-order chi connectivity index (χ0) is 16.4. The van der Waals surface area contributed by atoms with E-state index in [0.29, 0.717) is 24.5 Å². The number of rotatable bonds is 3. The van der Waals surface area contributed by atoms with Gasteiger partial charge in [0.1, 0.15) is 6.26 Å². The number of carbonyl (C=O) groups is 2. The highest BCUT2D eigenvalue weighted by Gasteiger charge is 2.30. The third kappa shape index (κ3) is 3.33. The van der Waals surface area contributed by atoms with Gasteiger partial charge in [0, 0.05) is 24.3 Å². The standard InChI is InChI=1S/C16H17N3O4/c1-10-9-23-14(17-10)11-3-2-4-13(7-11)18-16(22)19-6-5-12(8-19)15(20)21/h2-4,7,9,12H,5-6,8H2,1H3,(H,18,22)(H,20,21). The fourth-order valence-electron chi connectivity index (χ4n) is 2.57. The fourth-order valence-corrected chi connectivity index (χ4v) is 2.57. The largest absolute Gasteiger partial charge is 0.481 e.